The molecule has 0 bridgehead atoms. The number of Topliss-reactive ketones (excluding diaryl/α,β-unsaturated/α-hetero) is 1. The third kappa shape index (κ3) is 5.27. The zero-order chi connectivity index (χ0) is 26.1. The van der Waals surface area contributed by atoms with Gasteiger partial charge in [-0.1, -0.05) is 65.8 Å². The maximum atomic E-state index is 13.2. The van der Waals surface area contributed by atoms with E-state index in [1.807, 2.05) is 30.3 Å². The Balaban J connectivity index is 2.20. The molecule has 6 nitrogen and oxygen atoms in total. The van der Waals surface area contributed by atoms with Crippen LogP contribution in [-0.4, -0.2) is 49.1 Å². The van der Waals surface area contributed by atoms with Crippen molar-refractivity contribution in [2.45, 2.75) is 58.4 Å². The number of aliphatic hydroxyl groups is 1. The highest BCUT2D eigenvalue weighted by molar-refractivity contribution is 6.46. The molecule has 0 saturated carbocycles. The standard InChI is InChI=1S/C29H37NO5/c1-28(2,3)20-12-9-18(10-13-20)24-23(26(32)27(33)30(24)15-16-34-7)25(31)19-11-14-22(35-8)21(17-19)29(4,5)6/h9-14,17,24,31H,15-16H2,1-8H3/b25-23-. The number of hydrogen-bond donors (Lipinski definition) is 1. The average molecular weight is 480 g/mol. The van der Waals surface area contributed by atoms with Crippen LogP contribution in [0.4, 0.5) is 0 Å². The van der Waals surface area contributed by atoms with Crippen LogP contribution in [0.25, 0.3) is 5.76 Å². The maximum Gasteiger partial charge on any atom is 0.295 e. The first-order valence-electron chi connectivity index (χ1n) is 11.9. The molecular weight excluding hydrogens is 442 g/mol. The molecule has 0 radical (unpaired) electrons. The van der Waals surface area contributed by atoms with Crippen molar-refractivity contribution in [1.29, 1.82) is 0 Å². The zero-order valence-electron chi connectivity index (χ0n) is 22.1. The van der Waals surface area contributed by atoms with Crippen molar-refractivity contribution in [2.75, 3.05) is 27.4 Å². The highest BCUT2D eigenvalue weighted by atomic mass is 16.5. The van der Waals surface area contributed by atoms with Crippen molar-refractivity contribution in [3.05, 3.63) is 70.3 Å². The summed E-state index contributed by atoms with van der Waals surface area (Å²) < 4.78 is 10.7. The van der Waals surface area contributed by atoms with Gasteiger partial charge in [-0.15, -0.1) is 0 Å². The van der Waals surface area contributed by atoms with Crippen LogP contribution in [0.3, 0.4) is 0 Å². The second-order valence-electron chi connectivity index (χ2n) is 11.0. The Morgan fingerprint density at radius 3 is 2.09 bits per heavy atom. The SMILES string of the molecule is COCCN1C(=O)C(=O)/C(=C(\O)c2ccc(OC)c(C(C)(C)C)c2)C1c1ccc(C(C)(C)C)cc1. The fourth-order valence-corrected chi connectivity index (χ4v) is 4.41. The molecule has 35 heavy (non-hydrogen) atoms. The van der Waals surface area contributed by atoms with Crippen molar-refractivity contribution < 1.29 is 24.2 Å². The second-order valence-corrected chi connectivity index (χ2v) is 11.0. The minimum atomic E-state index is -0.709. The van der Waals surface area contributed by atoms with Gasteiger partial charge in [0.2, 0.25) is 0 Å². The molecule has 1 saturated heterocycles. The molecule has 2 aromatic rings. The van der Waals surface area contributed by atoms with Gasteiger partial charge in [0.25, 0.3) is 11.7 Å². The summed E-state index contributed by atoms with van der Waals surface area (Å²) in [4.78, 5) is 27.8. The quantitative estimate of drug-likeness (QED) is 0.343. The Labute approximate surface area is 208 Å². The lowest BCUT2D eigenvalue weighted by molar-refractivity contribution is -0.140. The van der Waals surface area contributed by atoms with Gasteiger partial charge >= 0.3 is 0 Å². The zero-order valence-corrected chi connectivity index (χ0v) is 22.1. The van der Waals surface area contributed by atoms with Crippen molar-refractivity contribution in [3.8, 4) is 5.75 Å². The molecule has 3 rings (SSSR count). The normalized spacial score (nSPS) is 18.3. The van der Waals surface area contributed by atoms with Crippen molar-refractivity contribution in [2.24, 2.45) is 0 Å². The van der Waals surface area contributed by atoms with Crippen molar-refractivity contribution in [3.63, 3.8) is 0 Å². The molecule has 1 aliphatic heterocycles. The Morgan fingerprint density at radius 2 is 1.57 bits per heavy atom. The summed E-state index contributed by atoms with van der Waals surface area (Å²) in [6.45, 7) is 13.1. The molecule has 1 aliphatic rings. The molecule has 1 N–H and O–H groups in total. The molecule has 1 amide bonds. The number of ether oxygens (including phenoxy) is 2. The van der Waals surface area contributed by atoms with Gasteiger partial charge in [-0.2, -0.15) is 0 Å². The van der Waals surface area contributed by atoms with Gasteiger partial charge in [-0.3, -0.25) is 9.59 Å². The molecule has 1 atom stereocenters. The van der Waals surface area contributed by atoms with E-state index in [4.69, 9.17) is 9.47 Å². The summed E-state index contributed by atoms with van der Waals surface area (Å²) in [5.41, 5.74) is 3.05. The van der Waals surface area contributed by atoms with E-state index in [9.17, 15) is 14.7 Å². The Hall–Kier alpha value is -3.12. The smallest absolute Gasteiger partial charge is 0.295 e. The largest absolute Gasteiger partial charge is 0.507 e. The van der Waals surface area contributed by atoms with Gasteiger partial charge in [0.1, 0.15) is 11.5 Å². The molecule has 1 unspecified atom stereocenters. The number of amides is 1. The molecule has 0 spiro atoms. The van der Waals surface area contributed by atoms with E-state index < -0.39 is 17.7 Å². The molecule has 6 heteroatoms. The summed E-state index contributed by atoms with van der Waals surface area (Å²) in [6.07, 6.45) is 0. The maximum absolute atomic E-state index is 13.2. The fourth-order valence-electron chi connectivity index (χ4n) is 4.41. The van der Waals surface area contributed by atoms with Crippen LogP contribution in [-0.2, 0) is 25.2 Å². The predicted molar refractivity (Wildman–Crippen MR) is 138 cm³/mol. The summed E-state index contributed by atoms with van der Waals surface area (Å²) in [6, 6.07) is 12.5. The topological polar surface area (TPSA) is 76.1 Å². The number of benzene rings is 2. The number of methoxy groups -OCH3 is 2. The fraction of sp³-hybridized carbons (Fsp3) is 0.448. The molecule has 0 aromatic heterocycles. The number of nitrogens with zero attached hydrogens (tertiary/aromatic N) is 1. The first-order valence-corrected chi connectivity index (χ1v) is 11.9. The lowest BCUT2D eigenvalue weighted by atomic mass is 9.84. The lowest BCUT2D eigenvalue weighted by Gasteiger charge is -2.26. The number of likely N-dealkylation sites (tertiary alicyclic amines) is 1. The van der Waals surface area contributed by atoms with Gasteiger partial charge < -0.3 is 19.5 Å². The Bertz CT molecular complexity index is 1130. The van der Waals surface area contributed by atoms with Gasteiger partial charge in [0.05, 0.1) is 25.3 Å². The van der Waals surface area contributed by atoms with Gasteiger partial charge in [-0.05, 0) is 40.2 Å². The second kappa shape index (κ2) is 9.86. The number of ketones is 1. The van der Waals surface area contributed by atoms with E-state index in [1.165, 1.54) is 4.90 Å². The number of rotatable bonds is 6. The summed E-state index contributed by atoms with van der Waals surface area (Å²) in [5.74, 6) is -0.833. The summed E-state index contributed by atoms with van der Waals surface area (Å²) in [5, 5.41) is 11.4. The van der Waals surface area contributed by atoms with E-state index in [0.29, 0.717) is 11.3 Å². The number of hydrogen-bond acceptors (Lipinski definition) is 5. The summed E-state index contributed by atoms with van der Waals surface area (Å²) in [7, 11) is 3.15. The monoisotopic (exact) mass is 479 g/mol. The first-order chi connectivity index (χ1) is 16.3. The Morgan fingerprint density at radius 1 is 0.943 bits per heavy atom. The van der Waals surface area contributed by atoms with E-state index in [-0.39, 0.29) is 35.3 Å². The number of aliphatic hydroxyl groups excluding tert-OH is 1. The molecule has 1 heterocycles. The van der Waals surface area contributed by atoms with Crippen LogP contribution < -0.4 is 4.74 Å². The van der Waals surface area contributed by atoms with Gasteiger partial charge in [0, 0.05) is 24.8 Å². The first kappa shape index (κ1) is 26.5. The minimum Gasteiger partial charge on any atom is -0.507 e. The van der Waals surface area contributed by atoms with Crippen molar-refractivity contribution in [1.82, 2.24) is 4.90 Å². The van der Waals surface area contributed by atoms with Crippen LogP contribution in [0.1, 0.15) is 69.8 Å². The summed E-state index contributed by atoms with van der Waals surface area (Å²) >= 11 is 0. The van der Waals surface area contributed by atoms with Crippen LogP contribution in [0.15, 0.2) is 48.0 Å². The molecular formula is C29H37NO5. The third-order valence-corrected chi connectivity index (χ3v) is 6.45. The third-order valence-electron chi connectivity index (χ3n) is 6.45. The van der Waals surface area contributed by atoms with E-state index >= 15 is 0 Å². The van der Waals surface area contributed by atoms with Crippen LogP contribution in [0, 0.1) is 0 Å². The van der Waals surface area contributed by atoms with Crippen LogP contribution in [0.5, 0.6) is 5.75 Å². The van der Waals surface area contributed by atoms with Crippen LogP contribution >= 0.6 is 0 Å². The number of carbonyl (C=O) groups excluding carboxylic acids is 2. The highest BCUT2D eigenvalue weighted by Crippen LogP contribution is 2.41. The van der Waals surface area contributed by atoms with E-state index in [0.717, 1.165) is 16.7 Å². The lowest BCUT2D eigenvalue weighted by Crippen LogP contribution is -2.32. The van der Waals surface area contributed by atoms with Crippen molar-refractivity contribution >= 4 is 17.4 Å². The van der Waals surface area contributed by atoms with Crippen LogP contribution in [0.2, 0.25) is 0 Å². The minimum absolute atomic E-state index is 0.0388. The average Bonchev–Trinajstić information content (AvgIpc) is 3.05. The molecule has 188 valence electrons. The number of carbonyl (C=O) groups is 2. The van der Waals surface area contributed by atoms with E-state index in [2.05, 4.69) is 41.5 Å². The van der Waals surface area contributed by atoms with Gasteiger partial charge in [0.15, 0.2) is 0 Å². The highest BCUT2D eigenvalue weighted by Gasteiger charge is 2.46. The van der Waals surface area contributed by atoms with Gasteiger partial charge in [-0.25, -0.2) is 0 Å². The predicted octanol–water partition coefficient (Wildman–Crippen LogP) is 5.36. The van der Waals surface area contributed by atoms with E-state index in [1.54, 1.807) is 26.4 Å². The Kier molecular flexibility index (Phi) is 7.46. The molecule has 0 aliphatic carbocycles. The molecule has 1 fully saturated rings. The molecule has 2 aromatic carbocycles.